The highest BCUT2D eigenvalue weighted by molar-refractivity contribution is 6.84. The first-order valence-electron chi connectivity index (χ1n) is 3.36. The van der Waals surface area contributed by atoms with Crippen molar-refractivity contribution in [3.05, 3.63) is 29.8 Å². The molecule has 0 unspecified atom stereocenters. The van der Waals surface area contributed by atoms with Crippen LogP contribution in [0.1, 0.15) is 10.4 Å². The number of carbonyl (C=O) groups is 1. The molecule has 1 aromatic rings. The van der Waals surface area contributed by atoms with Crippen molar-refractivity contribution in [2.75, 3.05) is 0 Å². The number of aromatic hydroxyl groups is 1. The zero-order chi connectivity index (χ0) is 9.84. The molecule has 0 radical (unpaired) electrons. The normalized spacial score (nSPS) is 11.3. The molecule has 0 spiro atoms. The van der Waals surface area contributed by atoms with Gasteiger partial charge >= 0.3 is 0 Å². The average Bonchev–Trinajstić information content (AvgIpc) is 2.17. The smallest absolute Gasteiger partial charge is 0.226 e. The summed E-state index contributed by atoms with van der Waals surface area (Å²) in [6.07, 6.45) is 0. The van der Waals surface area contributed by atoms with Crippen molar-refractivity contribution in [3.63, 3.8) is 0 Å². The molecule has 0 heterocycles. The molecule has 0 fully saturated rings. The topological polar surface area (TPSA) is 69.9 Å². The lowest BCUT2D eigenvalue weighted by atomic mass is 10.1. The standard InChI is InChI=1S/C8H6ClNO3/c9-8(10-13)7(12)5-1-3-6(11)4-2-5/h1-4,11,13H. The molecule has 0 amide bonds. The number of phenols is 1. The molecule has 2 N–H and O–H groups in total. The number of nitrogens with zero attached hydrogens (tertiary/aromatic N) is 1. The molecule has 0 aliphatic rings. The third kappa shape index (κ3) is 2.19. The van der Waals surface area contributed by atoms with Crippen LogP contribution in [0.15, 0.2) is 29.4 Å². The molecule has 13 heavy (non-hydrogen) atoms. The van der Waals surface area contributed by atoms with Gasteiger partial charge in [0.05, 0.1) is 0 Å². The number of hydrogen-bond acceptors (Lipinski definition) is 4. The van der Waals surface area contributed by atoms with Crippen LogP contribution in [0.4, 0.5) is 0 Å². The molecular weight excluding hydrogens is 194 g/mol. The van der Waals surface area contributed by atoms with Crippen molar-refractivity contribution in [1.29, 1.82) is 0 Å². The van der Waals surface area contributed by atoms with Gasteiger partial charge in [-0.1, -0.05) is 16.8 Å². The number of hydrogen-bond donors (Lipinski definition) is 2. The Balaban J connectivity index is 2.97. The number of benzene rings is 1. The van der Waals surface area contributed by atoms with E-state index in [-0.39, 0.29) is 11.3 Å². The maximum Gasteiger partial charge on any atom is 0.226 e. The minimum atomic E-state index is -0.593. The average molecular weight is 200 g/mol. The molecule has 0 saturated carbocycles. The van der Waals surface area contributed by atoms with E-state index in [1.807, 2.05) is 0 Å². The fraction of sp³-hybridized carbons (Fsp3) is 0. The molecule has 0 saturated heterocycles. The van der Waals surface area contributed by atoms with E-state index >= 15 is 0 Å². The Hall–Kier alpha value is -1.55. The number of oxime groups is 1. The lowest BCUT2D eigenvalue weighted by Gasteiger charge is -1.96. The van der Waals surface area contributed by atoms with Gasteiger partial charge < -0.3 is 10.3 Å². The van der Waals surface area contributed by atoms with E-state index in [1.165, 1.54) is 24.3 Å². The van der Waals surface area contributed by atoms with Crippen molar-refractivity contribution < 1.29 is 15.1 Å². The van der Waals surface area contributed by atoms with E-state index < -0.39 is 11.0 Å². The molecular formula is C8H6ClNO3. The van der Waals surface area contributed by atoms with Crippen molar-refractivity contribution in [2.24, 2.45) is 5.16 Å². The lowest BCUT2D eigenvalue weighted by molar-refractivity contribution is 0.106. The Kier molecular flexibility index (Phi) is 2.87. The Labute approximate surface area is 79.1 Å². The summed E-state index contributed by atoms with van der Waals surface area (Å²) in [6.45, 7) is 0. The van der Waals surface area contributed by atoms with Crippen molar-refractivity contribution in [3.8, 4) is 5.75 Å². The third-order valence-corrected chi connectivity index (χ3v) is 1.65. The Morgan fingerprint density at radius 1 is 1.31 bits per heavy atom. The summed E-state index contributed by atoms with van der Waals surface area (Å²) in [4.78, 5) is 11.2. The van der Waals surface area contributed by atoms with Crippen LogP contribution in [-0.4, -0.2) is 21.3 Å². The molecule has 0 bridgehead atoms. The van der Waals surface area contributed by atoms with E-state index in [1.54, 1.807) is 0 Å². The predicted molar refractivity (Wildman–Crippen MR) is 47.5 cm³/mol. The molecule has 0 aliphatic carbocycles. The molecule has 0 aliphatic heterocycles. The zero-order valence-electron chi connectivity index (χ0n) is 6.44. The summed E-state index contributed by atoms with van der Waals surface area (Å²) < 4.78 is 0. The van der Waals surface area contributed by atoms with Crippen LogP contribution in [0.2, 0.25) is 0 Å². The van der Waals surface area contributed by atoms with E-state index in [9.17, 15) is 4.79 Å². The quantitative estimate of drug-likeness (QED) is 0.329. The van der Waals surface area contributed by atoms with Crippen LogP contribution in [0.3, 0.4) is 0 Å². The van der Waals surface area contributed by atoms with Gasteiger partial charge in [0.1, 0.15) is 5.75 Å². The second-order valence-electron chi connectivity index (χ2n) is 2.27. The van der Waals surface area contributed by atoms with Gasteiger partial charge in [-0.05, 0) is 24.3 Å². The van der Waals surface area contributed by atoms with Gasteiger partial charge in [-0.2, -0.15) is 0 Å². The van der Waals surface area contributed by atoms with Crippen molar-refractivity contribution >= 4 is 22.6 Å². The summed E-state index contributed by atoms with van der Waals surface area (Å²) in [5, 5.41) is 19.2. The number of Topliss-reactive ketones (excluding diaryl/α,β-unsaturated/α-hetero) is 1. The lowest BCUT2D eigenvalue weighted by Crippen LogP contribution is -2.07. The van der Waals surface area contributed by atoms with Crippen LogP contribution < -0.4 is 0 Å². The summed E-state index contributed by atoms with van der Waals surface area (Å²) in [7, 11) is 0. The Bertz CT molecular complexity index is 345. The zero-order valence-corrected chi connectivity index (χ0v) is 7.19. The molecule has 1 aromatic carbocycles. The second-order valence-corrected chi connectivity index (χ2v) is 2.62. The summed E-state index contributed by atoms with van der Waals surface area (Å²) in [5.74, 6) is -0.544. The van der Waals surface area contributed by atoms with Crippen molar-refractivity contribution in [2.45, 2.75) is 0 Å². The molecule has 1 rings (SSSR count). The number of phenolic OH excluding ortho intramolecular Hbond substituents is 1. The monoisotopic (exact) mass is 199 g/mol. The van der Waals surface area contributed by atoms with Gasteiger partial charge in [-0.25, -0.2) is 0 Å². The maximum atomic E-state index is 11.2. The van der Waals surface area contributed by atoms with Gasteiger partial charge in [0.2, 0.25) is 11.0 Å². The van der Waals surface area contributed by atoms with Gasteiger partial charge in [0.25, 0.3) is 0 Å². The van der Waals surface area contributed by atoms with Crippen LogP contribution in [0, 0.1) is 0 Å². The fourth-order valence-corrected chi connectivity index (χ4v) is 0.886. The molecule has 4 nitrogen and oxygen atoms in total. The first-order chi connectivity index (χ1) is 6.15. The number of ketones is 1. The minimum Gasteiger partial charge on any atom is -0.508 e. The summed E-state index contributed by atoms with van der Waals surface area (Å²) in [6, 6.07) is 5.44. The summed E-state index contributed by atoms with van der Waals surface area (Å²) in [5.41, 5.74) is 0.251. The van der Waals surface area contributed by atoms with Gasteiger partial charge in [-0.15, -0.1) is 0 Å². The summed E-state index contributed by atoms with van der Waals surface area (Å²) >= 11 is 5.28. The van der Waals surface area contributed by atoms with E-state index in [4.69, 9.17) is 21.9 Å². The Morgan fingerprint density at radius 2 is 1.85 bits per heavy atom. The minimum absolute atomic E-state index is 0.0496. The van der Waals surface area contributed by atoms with E-state index in [0.29, 0.717) is 0 Å². The number of halogens is 1. The highest BCUT2D eigenvalue weighted by Crippen LogP contribution is 2.11. The predicted octanol–water partition coefficient (Wildman–Crippen LogP) is 1.60. The molecule has 0 atom stereocenters. The number of rotatable bonds is 2. The van der Waals surface area contributed by atoms with Gasteiger partial charge in [-0.3, -0.25) is 4.79 Å². The van der Waals surface area contributed by atoms with Crippen LogP contribution in [-0.2, 0) is 0 Å². The first-order valence-corrected chi connectivity index (χ1v) is 3.74. The molecule has 68 valence electrons. The van der Waals surface area contributed by atoms with Crippen LogP contribution >= 0.6 is 11.6 Å². The second kappa shape index (κ2) is 3.91. The van der Waals surface area contributed by atoms with Crippen LogP contribution in [0.5, 0.6) is 5.75 Å². The third-order valence-electron chi connectivity index (χ3n) is 1.40. The maximum absolute atomic E-state index is 11.2. The van der Waals surface area contributed by atoms with E-state index in [0.717, 1.165) is 0 Å². The number of carbonyl (C=O) groups excluding carboxylic acids is 1. The molecule has 0 aromatic heterocycles. The largest absolute Gasteiger partial charge is 0.508 e. The SMILES string of the molecule is O=C(C(Cl)=NO)c1ccc(O)cc1. The first kappa shape index (κ1) is 9.54. The Morgan fingerprint density at radius 3 is 2.31 bits per heavy atom. The van der Waals surface area contributed by atoms with E-state index in [2.05, 4.69) is 5.16 Å². The van der Waals surface area contributed by atoms with Gasteiger partial charge in [0.15, 0.2) is 0 Å². The highest BCUT2D eigenvalue weighted by atomic mass is 35.5. The van der Waals surface area contributed by atoms with Crippen LogP contribution in [0.25, 0.3) is 0 Å². The van der Waals surface area contributed by atoms with Crippen molar-refractivity contribution in [1.82, 2.24) is 0 Å². The fourth-order valence-electron chi connectivity index (χ4n) is 0.777. The van der Waals surface area contributed by atoms with Gasteiger partial charge in [0, 0.05) is 5.56 Å². The highest BCUT2D eigenvalue weighted by Gasteiger charge is 2.11. The molecule has 5 heteroatoms.